The average molecular weight is 268 g/mol. The van der Waals surface area contributed by atoms with Gasteiger partial charge in [-0.2, -0.15) is 0 Å². The van der Waals surface area contributed by atoms with Crippen molar-refractivity contribution in [3.63, 3.8) is 0 Å². The summed E-state index contributed by atoms with van der Waals surface area (Å²) in [7, 11) is 0. The van der Waals surface area contributed by atoms with Crippen molar-refractivity contribution in [3.05, 3.63) is 0 Å². The van der Waals surface area contributed by atoms with E-state index in [0.29, 0.717) is 6.54 Å². The Labute approximate surface area is 116 Å². The van der Waals surface area contributed by atoms with Crippen molar-refractivity contribution >= 4 is 5.97 Å². The fourth-order valence-electron chi connectivity index (χ4n) is 3.65. The van der Waals surface area contributed by atoms with Gasteiger partial charge >= 0.3 is 5.97 Å². The Hall–Kier alpha value is -0.610. The molecular formula is C15H28N2O2. The molecule has 2 N–H and O–H groups in total. The van der Waals surface area contributed by atoms with E-state index >= 15 is 0 Å². The molecule has 1 aliphatic carbocycles. The van der Waals surface area contributed by atoms with Crippen LogP contribution in [0.15, 0.2) is 0 Å². The summed E-state index contributed by atoms with van der Waals surface area (Å²) in [6, 6.07) is -0.403. The van der Waals surface area contributed by atoms with Crippen LogP contribution in [0.4, 0.5) is 0 Å². The molecule has 19 heavy (non-hydrogen) atoms. The van der Waals surface area contributed by atoms with E-state index in [2.05, 4.69) is 17.1 Å². The van der Waals surface area contributed by atoms with Crippen LogP contribution in [-0.2, 0) is 4.79 Å². The van der Waals surface area contributed by atoms with Crippen LogP contribution >= 0.6 is 0 Å². The number of nitrogens with zero attached hydrogens (tertiary/aromatic N) is 1. The molecule has 1 aliphatic heterocycles. The molecule has 1 saturated carbocycles. The molecule has 110 valence electrons. The monoisotopic (exact) mass is 268 g/mol. The highest BCUT2D eigenvalue weighted by atomic mass is 16.4. The normalized spacial score (nSPS) is 29.7. The average Bonchev–Trinajstić information content (AvgIpc) is 2.43. The van der Waals surface area contributed by atoms with Crippen LogP contribution < -0.4 is 5.32 Å². The van der Waals surface area contributed by atoms with Crippen LogP contribution in [0.25, 0.3) is 0 Å². The van der Waals surface area contributed by atoms with Crippen LogP contribution in [0.2, 0.25) is 0 Å². The standard InChI is InChI=1S/C15H28N2O2/c1-2-8-16-14(15(18)19)11-17-9-7-12-5-3-4-6-13(12)10-17/h12-14,16H,2-11H2,1H3,(H,18,19). The van der Waals surface area contributed by atoms with Gasteiger partial charge in [0.1, 0.15) is 6.04 Å². The number of carboxylic acids is 1. The lowest BCUT2D eigenvalue weighted by atomic mass is 9.75. The predicted octanol–water partition coefficient (Wildman–Crippen LogP) is 1.95. The fraction of sp³-hybridized carbons (Fsp3) is 0.933. The molecule has 3 atom stereocenters. The molecule has 0 aromatic rings. The van der Waals surface area contributed by atoms with Crippen molar-refractivity contribution < 1.29 is 9.90 Å². The molecule has 3 unspecified atom stereocenters. The van der Waals surface area contributed by atoms with Crippen LogP contribution in [0.5, 0.6) is 0 Å². The van der Waals surface area contributed by atoms with E-state index in [1.54, 1.807) is 0 Å². The summed E-state index contributed by atoms with van der Waals surface area (Å²) in [6.45, 7) is 5.72. The number of piperidine rings is 1. The Kier molecular flexibility index (Phi) is 5.64. The number of hydrogen-bond donors (Lipinski definition) is 2. The second-order valence-corrected chi connectivity index (χ2v) is 6.20. The van der Waals surface area contributed by atoms with Gasteiger partial charge in [-0.05, 0) is 44.2 Å². The van der Waals surface area contributed by atoms with Gasteiger partial charge in [-0.1, -0.05) is 26.2 Å². The minimum Gasteiger partial charge on any atom is -0.480 e. The Morgan fingerprint density at radius 1 is 1.32 bits per heavy atom. The first-order valence-corrected chi connectivity index (χ1v) is 7.89. The summed E-state index contributed by atoms with van der Waals surface area (Å²) in [5.74, 6) is 1.03. The number of hydrogen-bond acceptors (Lipinski definition) is 3. The summed E-state index contributed by atoms with van der Waals surface area (Å²) >= 11 is 0. The van der Waals surface area contributed by atoms with Gasteiger partial charge in [0.15, 0.2) is 0 Å². The molecule has 4 nitrogen and oxygen atoms in total. The molecule has 4 heteroatoms. The van der Waals surface area contributed by atoms with Crippen molar-refractivity contribution in [2.24, 2.45) is 11.8 Å². The molecule has 0 bridgehead atoms. The first-order chi connectivity index (χ1) is 9.20. The predicted molar refractivity (Wildman–Crippen MR) is 76.2 cm³/mol. The van der Waals surface area contributed by atoms with Crippen molar-refractivity contribution in [3.8, 4) is 0 Å². The highest BCUT2D eigenvalue weighted by Crippen LogP contribution is 2.35. The first-order valence-electron chi connectivity index (χ1n) is 7.89. The third kappa shape index (κ3) is 4.18. The van der Waals surface area contributed by atoms with Gasteiger partial charge in [-0.15, -0.1) is 0 Å². The fourth-order valence-corrected chi connectivity index (χ4v) is 3.65. The third-order valence-corrected chi connectivity index (χ3v) is 4.75. The lowest BCUT2D eigenvalue weighted by Crippen LogP contribution is -2.50. The highest BCUT2D eigenvalue weighted by Gasteiger charge is 2.32. The Morgan fingerprint density at radius 2 is 2.05 bits per heavy atom. The maximum absolute atomic E-state index is 11.3. The van der Waals surface area contributed by atoms with Crippen molar-refractivity contribution in [1.82, 2.24) is 10.2 Å². The molecule has 0 aromatic heterocycles. The molecule has 0 spiro atoms. The van der Waals surface area contributed by atoms with Crippen LogP contribution in [0, 0.1) is 11.8 Å². The van der Waals surface area contributed by atoms with Crippen LogP contribution in [-0.4, -0.2) is 48.2 Å². The molecule has 0 aromatic carbocycles. The molecular weight excluding hydrogens is 240 g/mol. The first kappa shape index (κ1) is 14.8. The van der Waals surface area contributed by atoms with Gasteiger partial charge in [0.25, 0.3) is 0 Å². The number of likely N-dealkylation sites (tertiary alicyclic amines) is 1. The third-order valence-electron chi connectivity index (χ3n) is 4.75. The van der Waals surface area contributed by atoms with Crippen molar-refractivity contribution in [2.75, 3.05) is 26.2 Å². The number of rotatable bonds is 6. The SMILES string of the molecule is CCCNC(CN1CCC2CCCCC2C1)C(=O)O. The van der Waals surface area contributed by atoms with E-state index in [0.717, 1.165) is 37.9 Å². The van der Waals surface area contributed by atoms with Gasteiger partial charge < -0.3 is 15.3 Å². The molecule has 2 aliphatic rings. The summed E-state index contributed by atoms with van der Waals surface area (Å²) in [5, 5.41) is 12.4. The largest absolute Gasteiger partial charge is 0.480 e. The van der Waals surface area contributed by atoms with Gasteiger partial charge in [-0.3, -0.25) is 4.79 Å². The van der Waals surface area contributed by atoms with E-state index in [1.165, 1.54) is 32.1 Å². The Morgan fingerprint density at radius 3 is 2.74 bits per heavy atom. The maximum atomic E-state index is 11.3. The zero-order valence-corrected chi connectivity index (χ0v) is 12.1. The number of nitrogens with one attached hydrogen (secondary N) is 1. The van der Waals surface area contributed by atoms with Crippen molar-refractivity contribution in [2.45, 2.75) is 51.5 Å². The summed E-state index contributed by atoms with van der Waals surface area (Å²) in [4.78, 5) is 13.6. The lowest BCUT2D eigenvalue weighted by molar-refractivity contribution is -0.140. The quantitative estimate of drug-likeness (QED) is 0.773. The zero-order chi connectivity index (χ0) is 13.7. The minimum absolute atomic E-state index is 0.403. The van der Waals surface area contributed by atoms with Gasteiger partial charge in [0, 0.05) is 13.1 Å². The van der Waals surface area contributed by atoms with Crippen LogP contribution in [0.1, 0.15) is 45.4 Å². The zero-order valence-electron chi connectivity index (χ0n) is 12.1. The minimum atomic E-state index is -0.709. The van der Waals surface area contributed by atoms with Gasteiger partial charge in [-0.25, -0.2) is 0 Å². The van der Waals surface area contributed by atoms with E-state index in [-0.39, 0.29) is 0 Å². The van der Waals surface area contributed by atoms with Crippen LogP contribution in [0.3, 0.4) is 0 Å². The second-order valence-electron chi connectivity index (χ2n) is 6.20. The molecule has 2 rings (SSSR count). The second kappa shape index (κ2) is 7.25. The number of aliphatic carboxylic acids is 1. The number of fused-ring (bicyclic) bond motifs is 1. The lowest BCUT2D eigenvalue weighted by Gasteiger charge is -2.42. The van der Waals surface area contributed by atoms with Gasteiger partial charge in [0.05, 0.1) is 0 Å². The van der Waals surface area contributed by atoms with E-state index in [1.807, 2.05) is 0 Å². The summed E-state index contributed by atoms with van der Waals surface area (Å²) < 4.78 is 0. The Balaban J connectivity index is 1.82. The topological polar surface area (TPSA) is 52.6 Å². The van der Waals surface area contributed by atoms with E-state index in [9.17, 15) is 9.90 Å². The number of carbonyl (C=O) groups is 1. The molecule has 1 saturated heterocycles. The molecule has 1 heterocycles. The number of carboxylic acid groups (broad SMARTS) is 1. The van der Waals surface area contributed by atoms with Gasteiger partial charge in [0.2, 0.25) is 0 Å². The van der Waals surface area contributed by atoms with E-state index < -0.39 is 12.0 Å². The highest BCUT2D eigenvalue weighted by molar-refractivity contribution is 5.73. The summed E-state index contributed by atoms with van der Waals surface area (Å²) in [6.07, 6.45) is 7.76. The smallest absolute Gasteiger partial charge is 0.322 e. The molecule has 0 amide bonds. The molecule has 0 radical (unpaired) electrons. The van der Waals surface area contributed by atoms with E-state index in [4.69, 9.17) is 0 Å². The molecule has 2 fully saturated rings. The summed E-state index contributed by atoms with van der Waals surface area (Å²) in [5.41, 5.74) is 0. The maximum Gasteiger partial charge on any atom is 0.322 e. The van der Waals surface area contributed by atoms with Crippen molar-refractivity contribution in [1.29, 1.82) is 0 Å². The Bertz CT molecular complexity index is 296.